The molecule has 1 amide bonds. The minimum Gasteiger partial charge on any atom is -0.378 e. The van der Waals surface area contributed by atoms with Crippen molar-refractivity contribution in [2.24, 2.45) is 0 Å². The van der Waals surface area contributed by atoms with Crippen molar-refractivity contribution in [2.75, 3.05) is 10.2 Å². The average Bonchev–Trinajstić information content (AvgIpc) is 2.69. The van der Waals surface area contributed by atoms with Gasteiger partial charge in [0.2, 0.25) is 0 Å². The lowest BCUT2D eigenvalue weighted by atomic mass is 9.90. The number of fused-ring (bicyclic) bond motifs is 1. The van der Waals surface area contributed by atoms with Crippen LogP contribution in [-0.2, 0) is 0 Å². The van der Waals surface area contributed by atoms with Gasteiger partial charge in [-0.15, -0.1) is 0 Å². The first kappa shape index (κ1) is 17.3. The number of rotatable bonds is 3. The van der Waals surface area contributed by atoms with E-state index < -0.39 is 5.82 Å². The molecular formula is C23H21FN2O. The zero-order valence-corrected chi connectivity index (χ0v) is 15.1. The predicted molar refractivity (Wildman–Crippen MR) is 107 cm³/mol. The Hall–Kier alpha value is -3.14. The van der Waals surface area contributed by atoms with Crippen molar-refractivity contribution in [2.45, 2.75) is 25.4 Å². The van der Waals surface area contributed by atoms with Crippen LogP contribution in [-0.4, -0.2) is 11.9 Å². The van der Waals surface area contributed by atoms with E-state index in [4.69, 9.17) is 0 Å². The van der Waals surface area contributed by atoms with Crippen LogP contribution in [0.25, 0.3) is 0 Å². The molecule has 0 aliphatic carbocycles. The van der Waals surface area contributed by atoms with Crippen LogP contribution in [0.15, 0.2) is 78.9 Å². The summed E-state index contributed by atoms with van der Waals surface area (Å²) in [5.74, 6) is -0.789. The number of para-hydroxylation sites is 2. The molecule has 2 atom stereocenters. The number of carbonyl (C=O) groups excluding carboxylic acids is 1. The molecule has 136 valence electrons. The molecule has 4 heteroatoms. The Morgan fingerprint density at radius 3 is 2.41 bits per heavy atom. The van der Waals surface area contributed by atoms with Crippen LogP contribution in [0.4, 0.5) is 15.8 Å². The maximum atomic E-state index is 14.2. The number of nitrogens with one attached hydrogen (secondary N) is 1. The summed E-state index contributed by atoms with van der Waals surface area (Å²) >= 11 is 0. The Morgan fingerprint density at radius 1 is 0.963 bits per heavy atom. The van der Waals surface area contributed by atoms with Crippen LogP contribution >= 0.6 is 0 Å². The highest BCUT2D eigenvalue weighted by atomic mass is 19.1. The summed E-state index contributed by atoms with van der Waals surface area (Å²) in [5, 5.41) is 3.57. The van der Waals surface area contributed by atoms with Gasteiger partial charge in [0.25, 0.3) is 5.91 Å². The van der Waals surface area contributed by atoms with Gasteiger partial charge in [-0.1, -0.05) is 48.5 Å². The number of carbonyl (C=O) groups is 1. The summed E-state index contributed by atoms with van der Waals surface area (Å²) in [5.41, 5.74) is 3.02. The summed E-state index contributed by atoms with van der Waals surface area (Å²) in [6.07, 6.45) is 0.742. The van der Waals surface area contributed by atoms with Gasteiger partial charge in [0.05, 0.1) is 11.6 Å². The van der Waals surface area contributed by atoms with Crippen molar-refractivity contribution in [1.29, 1.82) is 0 Å². The first-order valence-electron chi connectivity index (χ1n) is 9.14. The number of hydrogen-bond acceptors (Lipinski definition) is 2. The number of anilines is 2. The van der Waals surface area contributed by atoms with Crippen LogP contribution in [0.3, 0.4) is 0 Å². The van der Waals surface area contributed by atoms with Gasteiger partial charge in [0.1, 0.15) is 5.82 Å². The average molecular weight is 360 g/mol. The number of benzene rings is 3. The molecule has 0 unspecified atom stereocenters. The molecule has 1 aliphatic rings. The minimum absolute atomic E-state index is 0.0618. The molecule has 0 aromatic heterocycles. The van der Waals surface area contributed by atoms with Gasteiger partial charge in [0, 0.05) is 17.4 Å². The van der Waals surface area contributed by atoms with E-state index >= 15 is 0 Å². The third-order valence-corrected chi connectivity index (χ3v) is 5.03. The summed E-state index contributed by atoms with van der Waals surface area (Å²) in [7, 11) is 0. The highest BCUT2D eigenvalue weighted by Crippen LogP contribution is 2.39. The molecule has 3 aromatic rings. The van der Waals surface area contributed by atoms with Crippen molar-refractivity contribution < 1.29 is 9.18 Å². The standard InChI is InChI=1S/C23H21FN2O/c1-16-15-21(25-17-9-3-2-4-10-17)19-12-6-8-14-22(19)26(16)23(27)18-11-5-7-13-20(18)24/h2-14,16,21,25H,15H2,1H3/t16-,21+/m1/s1. The molecule has 27 heavy (non-hydrogen) atoms. The Labute approximate surface area is 158 Å². The van der Waals surface area contributed by atoms with Gasteiger partial charge in [-0.3, -0.25) is 4.79 Å². The molecule has 1 heterocycles. The fraction of sp³-hybridized carbons (Fsp3) is 0.174. The fourth-order valence-electron chi connectivity index (χ4n) is 3.76. The number of hydrogen-bond donors (Lipinski definition) is 1. The third-order valence-electron chi connectivity index (χ3n) is 5.03. The van der Waals surface area contributed by atoms with Crippen molar-refractivity contribution in [3.05, 3.63) is 95.8 Å². The van der Waals surface area contributed by atoms with Crippen molar-refractivity contribution in [1.82, 2.24) is 0 Å². The summed E-state index contributed by atoms with van der Waals surface area (Å²) in [4.78, 5) is 14.8. The molecule has 0 saturated heterocycles. The lowest BCUT2D eigenvalue weighted by Gasteiger charge is -2.40. The normalized spacial score (nSPS) is 18.7. The highest BCUT2D eigenvalue weighted by molar-refractivity contribution is 6.07. The molecule has 1 aliphatic heterocycles. The van der Waals surface area contributed by atoms with Crippen LogP contribution in [0.2, 0.25) is 0 Å². The zero-order chi connectivity index (χ0) is 18.8. The van der Waals surface area contributed by atoms with Crippen molar-refractivity contribution >= 4 is 17.3 Å². The molecule has 3 nitrogen and oxygen atoms in total. The largest absolute Gasteiger partial charge is 0.378 e. The van der Waals surface area contributed by atoms with Crippen molar-refractivity contribution in [3.8, 4) is 0 Å². The molecule has 0 spiro atoms. The third kappa shape index (κ3) is 3.31. The second-order valence-electron chi connectivity index (χ2n) is 6.86. The van der Waals surface area contributed by atoms with Gasteiger partial charge in [-0.25, -0.2) is 4.39 Å². The Morgan fingerprint density at radius 2 is 1.63 bits per heavy atom. The number of amides is 1. The topological polar surface area (TPSA) is 32.3 Å². The second kappa shape index (κ2) is 7.23. The summed E-state index contributed by atoms with van der Waals surface area (Å²) in [6, 6.07) is 24.1. The van der Waals surface area contributed by atoms with Crippen LogP contribution < -0.4 is 10.2 Å². The quantitative estimate of drug-likeness (QED) is 0.676. The Bertz CT molecular complexity index is 957. The Balaban J connectivity index is 1.71. The van der Waals surface area contributed by atoms with Gasteiger partial charge in [-0.2, -0.15) is 0 Å². The van der Waals surface area contributed by atoms with Crippen LogP contribution in [0, 0.1) is 5.82 Å². The fourth-order valence-corrected chi connectivity index (χ4v) is 3.76. The van der Waals surface area contributed by atoms with Gasteiger partial charge in [0.15, 0.2) is 0 Å². The second-order valence-corrected chi connectivity index (χ2v) is 6.86. The van der Waals surface area contributed by atoms with Gasteiger partial charge in [-0.05, 0) is 49.2 Å². The summed E-state index contributed by atoms with van der Waals surface area (Å²) < 4.78 is 14.2. The lowest BCUT2D eigenvalue weighted by molar-refractivity contribution is 0.0970. The van der Waals surface area contributed by atoms with E-state index in [2.05, 4.69) is 5.32 Å². The van der Waals surface area contributed by atoms with E-state index in [1.54, 1.807) is 23.1 Å². The lowest BCUT2D eigenvalue weighted by Crippen LogP contribution is -2.44. The molecule has 0 saturated carbocycles. The SMILES string of the molecule is C[C@@H]1C[C@H](Nc2ccccc2)c2ccccc2N1C(=O)c1ccccc1F. The number of halogens is 1. The molecule has 4 rings (SSSR count). The molecule has 3 aromatic carbocycles. The number of nitrogens with zero attached hydrogens (tertiary/aromatic N) is 1. The maximum Gasteiger partial charge on any atom is 0.261 e. The van der Waals surface area contributed by atoms with Crippen LogP contribution in [0.5, 0.6) is 0 Å². The van der Waals surface area contributed by atoms with Gasteiger partial charge < -0.3 is 10.2 Å². The molecule has 0 bridgehead atoms. The smallest absolute Gasteiger partial charge is 0.261 e. The van der Waals surface area contributed by atoms with E-state index in [1.807, 2.05) is 61.5 Å². The zero-order valence-electron chi connectivity index (χ0n) is 15.1. The summed E-state index contributed by atoms with van der Waals surface area (Å²) in [6.45, 7) is 2.01. The Kier molecular flexibility index (Phi) is 4.63. The predicted octanol–water partition coefficient (Wildman–Crippen LogP) is 5.42. The van der Waals surface area contributed by atoms with E-state index in [0.29, 0.717) is 0 Å². The minimum atomic E-state index is -0.489. The molecule has 0 fully saturated rings. The maximum absolute atomic E-state index is 14.2. The van der Waals surface area contributed by atoms with E-state index in [1.165, 1.54) is 6.07 Å². The molecule has 1 N–H and O–H groups in total. The first-order valence-corrected chi connectivity index (χ1v) is 9.14. The monoisotopic (exact) mass is 360 g/mol. The van der Waals surface area contributed by atoms with E-state index in [9.17, 15) is 9.18 Å². The van der Waals surface area contributed by atoms with Crippen LogP contribution in [0.1, 0.15) is 35.3 Å². The van der Waals surface area contributed by atoms with Crippen molar-refractivity contribution in [3.63, 3.8) is 0 Å². The van der Waals surface area contributed by atoms with E-state index in [-0.39, 0.29) is 23.6 Å². The van der Waals surface area contributed by atoms with E-state index in [0.717, 1.165) is 23.4 Å². The van der Waals surface area contributed by atoms with Gasteiger partial charge >= 0.3 is 0 Å². The highest BCUT2D eigenvalue weighted by Gasteiger charge is 2.34. The first-order chi connectivity index (χ1) is 13.1. The molecular weight excluding hydrogens is 339 g/mol. The molecule has 0 radical (unpaired) electrons.